The fourth-order valence-electron chi connectivity index (χ4n) is 3.74. The van der Waals surface area contributed by atoms with Crippen LogP contribution in [-0.2, 0) is 22.4 Å². The molecule has 1 aromatic carbocycles. The van der Waals surface area contributed by atoms with Crippen molar-refractivity contribution in [2.24, 2.45) is 0 Å². The van der Waals surface area contributed by atoms with Gasteiger partial charge in [-0.25, -0.2) is 4.79 Å². The predicted molar refractivity (Wildman–Crippen MR) is 108 cm³/mol. The summed E-state index contributed by atoms with van der Waals surface area (Å²) in [6, 6.07) is 5.20. The molecule has 1 unspecified atom stereocenters. The molecule has 1 saturated heterocycles. The van der Waals surface area contributed by atoms with Gasteiger partial charge < -0.3 is 19.9 Å². The van der Waals surface area contributed by atoms with Crippen LogP contribution in [0.4, 0.5) is 0 Å². The van der Waals surface area contributed by atoms with Crippen LogP contribution in [0, 0.1) is 0 Å². The number of ether oxygens (including phenoxy) is 2. The van der Waals surface area contributed by atoms with E-state index in [1.165, 1.54) is 10.8 Å². The minimum Gasteiger partial charge on any atom is -0.480 e. The van der Waals surface area contributed by atoms with Gasteiger partial charge in [0.2, 0.25) is 0 Å². The van der Waals surface area contributed by atoms with E-state index in [1.54, 1.807) is 25.1 Å². The standard InChI is InChI=1S/C20H22ClN3O6/c1-2-10-9-24(20(28)23-18(10)26)17-7-13(25)16(30-17)8-22-19(27)15-6-11-5-12(21)3-4-14(11)29-15/h3-5,9,13,15-17,25H,2,6-8H2,1H3,(H,22,27)(H,23,26,28)/t13-,15?,16+,17+/m0/s1. The van der Waals surface area contributed by atoms with Crippen molar-refractivity contribution in [3.8, 4) is 5.75 Å². The van der Waals surface area contributed by atoms with Crippen molar-refractivity contribution >= 4 is 17.5 Å². The van der Waals surface area contributed by atoms with Crippen LogP contribution in [0.15, 0.2) is 34.0 Å². The molecule has 160 valence electrons. The van der Waals surface area contributed by atoms with E-state index in [0.29, 0.717) is 29.2 Å². The smallest absolute Gasteiger partial charge is 0.330 e. The SMILES string of the molecule is CCc1cn([C@H]2C[C@H](O)[C@@H](CNC(=O)C3Cc4cc(Cl)ccc4O3)O2)c(=O)[nH]c1=O. The Balaban J connectivity index is 1.37. The number of rotatable bonds is 5. The first-order valence-corrected chi connectivity index (χ1v) is 10.1. The van der Waals surface area contributed by atoms with Crippen LogP contribution >= 0.6 is 11.6 Å². The zero-order valence-corrected chi connectivity index (χ0v) is 17.0. The summed E-state index contributed by atoms with van der Waals surface area (Å²) in [5.74, 6) is 0.303. The molecule has 4 atom stereocenters. The Morgan fingerprint density at radius 1 is 1.40 bits per heavy atom. The van der Waals surface area contributed by atoms with Crippen molar-refractivity contribution in [3.63, 3.8) is 0 Å². The van der Waals surface area contributed by atoms with Gasteiger partial charge >= 0.3 is 5.69 Å². The third-order valence-corrected chi connectivity index (χ3v) is 5.64. The lowest BCUT2D eigenvalue weighted by molar-refractivity contribution is -0.128. The summed E-state index contributed by atoms with van der Waals surface area (Å²) in [5, 5.41) is 13.7. The van der Waals surface area contributed by atoms with Crippen molar-refractivity contribution in [1.29, 1.82) is 0 Å². The number of aliphatic hydroxyl groups excluding tert-OH is 1. The summed E-state index contributed by atoms with van der Waals surface area (Å²) in [4.78, 5) is 38.6. The molecule has 0 radical (unpaired) electrons. The molecule has 1 amide bonds. The number of nitrogens with zero attached hydrogens (tertiary/aromatic N) is 1. The first-order valence-electron chi connectivity index (χ1n) is 9.76. The second-order valence-electron chi connectivity index (χ2n) is 7.41. The molecule has 0 spiro atoms. The Morgan fingerprint density at radius 2 is 2.20 bits per heavy atom. The van der Waals surface area contributed by atoms with E-state index < -0.39 is 35.8 Å². The number of aliphatic hydroxyl groups is 1. The van der Waals surface area contributed by atoms with E-state index in [0.717, 1.165) is 5.56 Å². The Labute approximate surface area is 176 Å². The van der Waals surface area contributed by atoms with Crippen LogP contribution in [0.3, 0.4) is 0 Å². The van der Waals surface area contributed by atoms with E-state index in [9.17, 15) is 19.5 Å². The maximum absolute atomic E-state index is 12.5. The number of carbonyl (C=O) groups excluding carboxylic acids is 1. The minimum absolute atomic E-state index is 0.0617. The highest BCUT2D eigenvalue weighted by Crippen LogP contribution is 2.31. The van der Waals surface area contributed by atoms with Gasteiger partial charge in [0.1, 0.15) is 18.1 Å². The monoisotopic (exact) mass is 435 g/mol. The van der Waals surface area contributed by atoms with Gasteiger partial charge in [0.05, 0.1) is 6.10 Å². The van der Waals surface area contributed by atoms with Crippen molar-refractivity contribution in [1.82, 2.24) is 14.9 Å². The Kier molecular flexibility index (Phi) is 5.68. The quantitative estimate of drug-likeness (QED) is 0.629. The van der Waals surface area contributed by atoms with Gasteiger partial charge in [-0.1, -0.05) is 18.5 Å². The number of amides is 1. The number of hydrogen-bond acceptors (Lipinski definition) is 6. The van der Waals surface area contributed by atoms with Crippen LogP contribution in [0.5, 0.6) is 5.75 Å². The number of hydrogen-bond donors (Lipinski definition) is 3. The molecule has 2 aromatic rings. The first kappa shape index (κ1) is 20.6. The molecule has 4 rings (SSSR count). The average molecular weight is 436 g/mol. The summed E-state index contributed by atoms with van der Waals surface area (Å²) in [5.41, 5.74) is 0.279. The van der Waals surface area contributed by atoms with Crippen LogP contribution in [0.1, 0.15) is 30.7 Å². The molecule has 2 aliphatic rings. The highest BCUT2D eigenvalue weighted by atomic mass is 35.5. The van der Waals surface area contributed by atoms with Crippen molar-refractivity contribution in [2.75, 3.05) is 6.54 Å². The number of fused-ring (bicyclic) bond motifs is 1. The maximum atomic E-state index is 12.5. The molecule has 0 bridgehead atoms. The average Bonchev–Trinajstić information content (AvgIpc) is 3.29. The van der Waals surface area contributed by atoms with Gasteiger partial charge in [0, 0.05) is 36.2 Å². The van der Waals surface area contributed by atoms with Crippen LogP contribution in [-0.4, -0.2) is 45.4 Å². The van der Waals surface area contributed by atoms with E-state index >= 15 is 0 Å². The number of halogens is 1. The summed E-state index contributed by atoms with van der Waals surface area (Å²) in [6.45, 7) is 1.87. The molecule has 1 fully saturated rings. The number of nitrogens with one attached hydrogen (secondary N) is 2. The van der Waals surface area contributed by atoms with Crippen LogP contribution < -0.4 is 21.3 Å². The van der Waals surface area contributed by atoms with E-state index in [2.05, 4.69) is 10.3 Å². The van der Waals surface area contributed by atoms with Gasteiger partial charge in [-0.05, 0) is 30.2 Å². The van der Waals surface area contributed by atoms with Gasteiger partial charge in [-0.3, -0.25) is 19.1 Å². The molecule has 1 aromatic heterocycles. The van der Waals surface area contributed by atoms with Gasteiger partial charge in [-0.2, -0.15) is 0 Å². The molecule has 30 heavy (non-hydrogen) atoms. The number of aromatic amines is 1. The topological polar surface area (TPSA) is 123 Å². The third-order valence-electron chi connectivity index (χ3n) is 5.40. The van der Waals surface area contributed by atoms with Crippen molar-refractivity contribution < 1.29 is 19.4 Å². The Morgan fingerprint density at radius 3 is 2.97 bits per heavy atom. The number of benzene rings is 1. The summed E-state index contributed by atoms with van der Waals surface area (Å²) < 4.78 is 12.7. The van der Waals surface area contributed by atoms with Crippen molar-refractivity contribution in [2.45, 2.75) is 50.7 Å². The third kappa shape index (κ3) is 4.00. The van der Waals surface area contributed by atoms with E-state index in [4.69, 9.17) is 21.1 Å². The summed E-state index contributed by atoms with van der Waals surface area (Å²) >= 11 is 5.97. The molecule has 3 N–H and O–H groups in total. The first-order chi connectivity index (χ1) is 14.4. The lowest BCUT2D eigenvalue weighted by Gasteiger charge is -2.18. The lowest BCUT2D eigenvalue weighted by atomic mass is 10.1. The number of aromatic nitrogens is 2. The fourth-order valence-corrected chi connectivity index (χ4v) is 3.94. The zero-order chi connectivity index (χ0) is 21.4. The minimum atomic E-state index is -0.875. The normalized spacial score (nSPS) is 25.0. The molecule has 2 aliphatic heterocycles. The van der Waals surface area contributed by atoms with Crippen LogP contribution in [0.2, 0.25) is 5.02 Å². The summed E-state index contributed by atoms with van der Waals surface area (Å²) in [7, 11) is 0. The fraction of sp³-hybridized carbons (Fsp3) is 0.450. The zero-order valence-electron chi connectivity index (χ0n) is 16.3. The highest BCUT2D eigenvalue weighted by molar-refractivity contribution is 6.30. The Bertz CT molecular complexity index is 1080. The van der Waals surface area contributed by atoms with E-state index in [1.807, 2.05) is 0 Å². The molecule has 9 nitrogen and oxygen atoms in total. The number of H-pyrrole nitrogens is 1. The molecule has 10 heteroatoms. The molecular weight excluding hydrogens is 414 g/mol. The Hall–Kier alpha value is -2.62. The van der Waals surface area contributed by atoms with Crippen LogP contribution in [0.25, 0.3) is 0 Å². The lowest BCUT2D eigenvalue weighted by Crippen LogP contribution is -2.43. The summed E-state index contributed by atoms with van der Waals surface area (Å²) in [6.07, 6.45) is -0.494. The van der Waals surface area contributed by atoms with Gasteiger partial charge in [0.25, 0.3) is 11.5 Å². The van der Waals surface area contributed by atoms with Gasteiger partial charge in [-0.15, -0.1) is 0 Å². The molecule has 3 heterocycles. The maximum Gasteiger partial charge on any atom is 0.330 e. The predicted octanol–water partition coefficient (Wildman–Crippen LogP) is 0.521. The molecule has 0 saturated carbocycles. The second kappa shape index (κ2) is 8.25. The molecule has 0 aliphatic carbocycles. The number of aryl methyl sites for hydroxylation is 1. The number of carbonyl (C=O) groups is 1. The van der Waals surface area contributed by atoms with Crippen molar-refractivity contribution in [3.05, 3.63) is 61.4 Å². The second-order valence-corrected chi connectivity index (χ2v) is 7.85. The highest BCUT2D eigenvalue weighted by Gasteiger charge is 2.37. The molecular formula is C20H22ClN3O6. The van der Waals surface area contributed by atoms with E-state index in [-0.39, 0.29) is 18.9 Å². The van der Waals surface area contributed by atoms with Gasteiger partial charge in [0.15, 0.2) is 6.10 Å². The largest absolute Gasteiger partial charge is 0.480 e.